The van der Waals surface area contributed by atoms with E-state index in [9.17, 15) is 18.3 Å². The van der Waals surface area contributed by atoms with Gasteiger partial charge < -0.3 is 15.6 Å². The average Bonchev–Trinajstić information content (AvgIpc) is 2.26. The molecule has 0 saturated carbocycles. The van der Waals surface area contributed by atoms with Crippen LogP contribution in [0.4, 0.5) is 18.9 Å². The number of nitrogen functional groups attached to an aromatic ring is 1. The molecule has 1 aromatic carbocycles. The summed E-state index contributed by atoms with van der Waals surface area (Å²) >= 11 is 1.19. The zero-order valence-corrected chi connectivity index (χ0v) is 10.5. The van der Waals surface area contributed by atoms with E-state index in [2.05, 4.69) is 0 Å². The van der Waals surface area contributed by atoms with Crippen LogP contribution in [0.5, 0.6) is 0 Å². The number of aliphatic hydroxyl groups is 1. The number of nitrogens with two attached hydrogens (primary N) is 1. The van der Waals surface area contributed by atoms with Crippen molar-refractivity contribution in [2.45, 2.75) is 17.2 Å². The van der Waals surface area contributed by atoms with E-state index in [1.54, 1.807) is 0 Å². The van der Waals surface area contributed by atoms with Crippen molar-refractivity contribution in [2.75, 3.05) is 25.2 Å². The van der Waals surface area contributed by atoms with E-state index in [-0.39, 0.29) is 12.3 Å². The topological polar surface area (TPSA) is 55.5 Å². The van der Waals surface area contributed by atoms with Gasteiger partial charge >= 0.3 is 6.18 Å². The van der Waals surface area contributed by atoms with Gasteiger partial charge in [-0.3, -0.25) is 0 Å². The number of anilines is 1. The van der Waals surface area contributed by atoms with Crippen molar-refractivity contribution in [1.29, 1.82) is 0 Å². The molecule has 0 fully saturated rings. The van der Waals surface area contributed by atoms with E-state index in [4.69, 9.17) is 10.5 Å². The van der Waals surface area contributed by atoms with Crippen LogP contribution in [0.3, 0.4) is 0 Å². The first-order valence-electron chi connectivity index (χ1n) is 5.11. The van der Waals surface area contributed by atoms with Crippen molar-refractivity contribution in [3.63, 3.8) is 0 Å². The predicted molar refractivity (Wildman–Crippen MR) is 64.5 cm³/mol. The molecule has 0 amide bonds. The second-order valence-electron chi connectivity index (χ2n) is 3.67. The summed E-state index contributed by atoms with van der Waals surface area (Å²) in [7, 11) is 1.46. The minimum Gasteiger partial charge on any atom is -0.398 e. The molecule has 18 heavy (non-hydrogen) atoms. The third-order valence-electron chi connectivity index (χ3n) is 2.13. The molecule has 0 radical (unpaired) electrons. The van der Waals surface area contributed by atoms with Crippen molar-refractivity contribution in [1.82, 2.24) is 0 Å². The van der Waals surface area contributed by atoms with Crippen molar-refractivity contribution in [2.24, 2.45) is 0 Å². The Labute approximate surface area is 107 Å². The molecule has 0 aliphatic rings. The molecular weight excluding hydrogens is 267 g/mol. The molecule has 0 heterocycles. The quantitative estimate of drug-likeness (QED) is 0.643. The number of methoxy groups -OCH3 is 1. The highest BCUT2D eigenvalue weighted by molar-refractivity contribution is 7.99. The number of halogens is 3. The zero-order chi connectivity index (χ0) is 13.8. The zero-order valence-electron chi connectivity index (χ0n) is 9.70. The summed E-state index contributed by atoms with van der Waals surface area (Å²) in [6.07, 6.45) is -5.07. The van der Waals surface area contributed by atoms with Gasteiger partial charge in [0.1, 0.15) is 0 Å². The van der Waals surface area contributed by atoms with Crippen LogP contribution in [0.2, 0.25) is 0 Å². The highest BCUT2D eigenvalue weighted by atomic mass is 32.2. The van der Waals surface area contributed by atoms with Gasteiger partial charge in [0.2, 0.25) is 0 Å². The molecule has 0 aliphatic carbocycles. The van der Waals surface area contributed by atoms with E-state index in [1.807, 2.05) is 0 Å². The Balaban J connectivity index is 2.69. The minimum absolute atomic E-state index is 0.0550. The highest BCUT2D eigenvalue weighted by Crippen LogP contribution is 2.34. The van der Waals surface area contributed by atoms with Crippen LogP contribution in [0, 0.1) is 0 Å². The van der Waals surface area contributed by atoms with Crippen molar-refractivity contribution in [3.05, 3.63) is 23.8 Å². The molecule has 102 valence electrons. The Morgan fingerprint density at radius 1 is 1.44 bits per heavy atom. The second-order valence-corrected chi connectivity index (χ2v) is 4.73. The molecule has 1 rings (SSSR count). The first-order valence-corrected chi connectivity index (χ1v) is 6.09. The van der Waals surface area contributed by atoms with Gasteiger partial charge in [-0.15, -0.1) is 11.8 Å². The van der Waals surface area contributed by atoms with Gasteiger partial charge in [-0.25, -0.2) is 0 Å². The number of aliphatic hydroxyl groups excluding tert-OH is 1. The molecule has 3 N–H and O–H groups in total. The standard InChI is InChI=1S/C11H14F3NO2S/c1-17-5-8(16)6-18-10-3-2-7(4-9(10)15)11(12,13)14/h2-4,8,16H,5-6,15H2,1H3. The maximum Gasteiger partial charge on any atom is 0.416 e. The molecule has 0 spiro atoms. The first-order chi connectivity index (χ1) is 8.34. The summed E-state index contributed by atoms with van der Waals surface area (Å²) in [4.78, 5) is 0.512. The van der Waals surface area contributed by atoms with Crippen molar-refractivity contribution >= 4 is 17.4 Å². The summed E-state index contributed by atoms with van der Waals surface area (Å²) in [5.41, 5.74) is 4.82. The van der Waals surface area contributed by atoms with Crippen LogP contribution in [-0.2, 0) is 10.9 Å². The fourth-order valence-electron chi connectivity index (χ4n) is 1.28. The van der Waals surface area contributed by atoms with Crippen LogP contribution < -0.4 is 5.73 Å². The molecule has 0 aliphatic heterocycles. The summed E-state index contributed by atoms with van der Waals surface area (Å²) in [5, 5.41) is 9.42. The van der Waals surface area contributed by atoms with Gasteiger partial charge in [-0.1, -0.05) is 0 Å². The molecule has 1 atom stereocenters. The maximum absolute atomic E-state index is 12.4. The summed E-state index contributed by atoms with van der Waals surface area (Å²) in [6, 6.07) is 3.18. The number of rotatable bonds is 5. The lowest BCUT2D eigenvalue weighted by molar-refractivity contribution is -0.137. The Bertz CT molecular complexity index is 398. The number of hydrogen-bond acceptors (Lipinski definition) is 4. The van der Waals surface area contributed by atoms with E-state index in [0.717, 1.165) is 12.1 Å². The van der Waals surface area contributed by atoms with Crippen molar-refractivity contribution in [3.8, 4) is 0 Å². The lowest BCUT2D eigenvalue weighted by Gasteiger charge is -2.12. The van der Waals surface area contributed by atoms with Gasteiger partial charge in [-0.2, -0.15) is 13.2 Å². The smallest absolute Gasteiger partial charge is 0.398 e. The van der Waals surface area contributed by atoms with Gasteiger partial charge in [-0.05, 0) is 18.2 Å². The third-order valence-corrected chi connectivity index (χ3v) is 3.36. The summed E-state index contributed by atoms with van der Waals surface area (Å²) in [6.45, 7) is 0.174. The summed E-state index contributed by atoms with van der Waals surface area (Å²) in [5.74, 6) is 0.309. The monoisotopic (exact) mass is 281 g/mol. The fourth-order valence-corrected chi connectivity index (χ4v) is 2.14. The molecule has 0 saturated heterocycles. The molecule has 1 aromatic rings. The second kappa shape index (κ2) is 6.31. The number of thioether (sulfide) groups is 1. The molecular formula is C11H14F3NO2S. The predicted octanol–water partition coefficient (Wildman–Crippen LogP) is 2.39. The average molecular weight is 281 g/mol. The van der Waals surface area contributed by atoms with E-state index < -0.39 is 17.8 Å². The number of ether oxygens (including phenoxy) is 1. The SMILES string of the molecule is COCC(O)CSc1ccc(C(F)(F)F)cc1N. The lowest BCUT2D eigenvalue weighted by Crippen LogP contribution is -2.16. The van der Waals surface area contributed by atoms with Crippen LogP contribution in [0.25, 0.3) is 0 Å². The normalized spacial score (nSPS) is 13.6. The fraction of sp³-hybridized carbons (Fsp3) is 0.455. The van der Waals surface area contributed by atoms with Gasteiger partial charge in [0.25, 0.3) is 0 Å². The third kappa shape index (κ3) is 4.40. The van der Waals surface area contributed by atoms with Crippen molar-refractivity contribution < 1.29 is 23.0 Å². The number of alkyl halides is 3. The van der Waals surface area contributed by atoms with Gasteiger partial charge in [0.15, 0.2) is 0 Å². The number of hydrogen-bond donors (Lipinski definition) is 2. The lowest BCUT2D eigenvalue weighted by atomic mass is 10.2. The van der Waals surface area contributed by atoms with Gasteiger partial charge in [0, 0.05) is 23.4 Å². The Morgan fingerprint density at radius 2 is 2.11 bits per heavy atom. The maximum atomic E-state index is 12.4. The first kappa shape index (κ1) is 15.1. The van der Waals surface area contributed by atoms with Crippen LogP contribution >= 0.6 is 11.8 Å². The summed E-state index contributed by atoms with van der Waals surface area (Å²) < 4.78 is 41.9. The number of benzene rings is 1. The Hall–Kier alpha value is -0.920. The highest BCUT2D eigenvalue weighted by Gasteiger charge is 2.30. The molecule has 0 bridgehead atoms. The van der Waals surface area contributed by atoms with Gasteiger partial charge in [0.05, 0.1) is 18.3 Å². The van der Waals surface area contributed by atoms with Crippen LogP contribution in [0.1, 0.15) is 5.56 Å². The van der Waals surface area contributed by atoms with Crippen LogP contribution in [-0.4, -0.2) is 30.7 Å². The molecule has 0 aromatic heterocycles. The van der Waals surface area contributed by atoms with E-state index in [0.29, 0.717) is 10.6 Å². The van der Waals surface area contributed by atoms with E-state index in [1.165, 1.54) is 24.9 Å². The Kier molecular flexibility index (Phi) is 5.30. The Morgan fingerprint density at radius 3 is 2.61 bits per heavy atom. The largest absolute Gasteiger partial charge is 0.416 e. The molecule has 3 nitrogen and oxygen atoms in total. The van der Waals surface area contributed by atoms with E-state index >= 15 is 0 Å². The molecule has 1 unspecified atom stereocenters. The minimum atomic E-state index is -4.40. The van der Waals surface area contributed by atoms with Crippen LogP contribution in [0.15, 0.2) is 23.1 Å². The molecule has 7 heteroatoms.